The average molecular weight is 216 g/mol. The molecule has 15 heavy (non-hydrogen) atoms. The highest BCUT2D eigenvalue weighted by atomic mass is 16.5. The summed E-state index contributed by atoms with van der Waals surface area (Å²) in [6.45, 7) is 5.65. The molecule has 0 aliphatic heterocycles. The number of nitrogens with zero attached hydrogens (tertiary/aromatic N) is 2. The van der Waals surface area contributed by atoms with Crippen molar-refractivity contribution in [2.45, 2.75) is 19.9 Å². The van der Waals surface area contributed by atoms with Gasteiger partial charge >= 0.3 is 0 Å². The van der Waals surface area contributed by atoms with Gasteiger partial charge in [-0.25, -0.2) is 0 Å². The lowest BCUT2D eigenvalue weighted by atomic mass is 10.1. The molecule has 0 aromatic carbocycles. The Labute approximate surface area is 93.2 Å². The van der Waals surface area contributed by atoms with Crippen LogP contribution in [0.5, 0.6) is 0 Å². The Balaban J connectivity index is 4.08. The molecule has 0 spiro atoms. The third-order valence-electron chi connectivity index (χ3n) is 2.51. The SMILES string of the molecule is COCC(C)CN(C)C(C)C(=O)N(C)C. The van der Waals surface area contributed by atoms with Crippen molar-refractivity contribution in [3.8, 4) is 0 Å². The Hall–Kier alpha value is -0.610. The number of hydrogen-bond acceptors (Lipinski definition) is 3. The van der Waals surface area contributed by atoms with Crippen LogP contribution in [0.25, 0.3) is 0 Å². The van der Waals surface area contributed by atoms with E-state index < -0.39 is 0 Å². The fourth-order valence-electron chi connectivity index (χ4n) is 1.55. The van der Waals surface area contributed by atoms with Gasteiger partial charge in [-0.1, -0.05) is 6.92 Å². The molecule has 4 nitrogen and oxygen atoms in total. The second-order valence-corrected chi connectivity index (χ2v) is 4.41. The molecule has 2 unspecified atom stereocenters. The van der Waals surface area contributed by atoms with Crippen LogP contribution in [0, 0.1) is 5.92 Å². The number of likely N-dealkylation sites (N-methyl/N-ethyl adjacent to an activating group) is 2. The Morgan fingerprint density at radius 3 is 2.20 bits per heavy atom. The van der Waals surface area contributed by atoms with E-state index in [0.29, 0.717) is 5.92 Å². The van der Waals surface area contributed by atoms with Crippen LogP contribution in [-0.2, 0) is 9.53 Å². The highest BCUT2D eigenvalue weighted by Gasteiger charge is 2.20. The van der Waals surface area contributed by atoms with Crippen molar-refractivity contribution in [1.82, 2.24) is 9.80 Å². The van der Waals surface area contributed by atoms with E-state index in [4.69, 9.17) is 4.74 Å². The molecular weight excluding hydrogens is 192 g/mol. The maximum Gasteiger partial charge on any atom is 0.239 e. The van der Waals surface area contributed by atoms with E-state index in [1.165, 1.54) is 0 Å². The number of rotatable bonds is 6. The minimum Gasteiger partial charge on any atom is -0.384 e. The lowest BCUT2D eigenvalue weighted by molar-refractivity contribution is -0.133. The Morgan fingerprint density at radius 2 is 1.80 bits per heavy atom. The number of methoxy groups -OCH3 is 1. The van der Waals surface area contributed by atoms with E-state index in [9.17, 15) is 4.79 Å². The van der Waals surface area contributed by atoms with Gasteiger partial charge in [-0.2, -0.15) is 0 Å². The maximum absolute atomic E-state index is 11.7. The smallest absolute Gasteiger partial charge is 0.239 e. The van der Waals surface area contributed by atoms with Crippen LogP contribution in [0.15, 0.2) is 0 Å². The molecule has 0 aliphatic carbocycles. The van der Waals surface area contributed by atoms with Crippen molar-refractivity contribution in [1.29, 1.82) is 0 Å². The van der Waals surface area contributed by atoms with Crippen molar-refractivity contribution < 1.29 is 9.53 Å². The van der Waals surface area contributed by atoms with Gasteiger partial charge in [-0.15, -0.1) is 0 Å². The topological polar surface area (TPSA) is 32.8 Å². The quantitative estimate of drug-likeness (QED) is 0.654. The molecule has 0 fully saturated rings. The number of ether oxygens (including phenoxy) is 1. The molecule has 0 aromatic heterocycles. The first kappa shape index (κ1) is 14.4. The summed E-state index contributed by atoms with van der Waals surface area (Å²) in [4.78, 5) is 15.4. The third kappa shape index (κ3) is 5.14. The summed E-state index contributed by atoms with van der Waals surface area (Å²) in [5.74, 6) is 0.583. The van der Waals surface area contributed by atoms with E-state index in [-0.39, 0.29) is 11.9 Å². The van der Waals surface area contributed by atoms with Crippen molar-refractivity contribution in [3.05, 3.63) is 0 Å². The minimum atomic E-state index is -0.0701. The summed E-state index contributed by atoms with van der Waals surface area (Å²) in [6.07, 6.45) is 0. The van der Waals surface area contributed by atoms with Gasteiger partial charge in [-0.05, 0) is 19.9 Å². The van der Waals surface area contributed by atoms with E-state index in [0.717, 1.165) is 13.2 Å². The Kier molecular flexibility index (Phi) is 6.52. The summed E-state index contributed by atoms with van der Waals surface area (Å²) in [5.41, 5.74) is 0. The molecule has 1 amide bonds. The van der Waals surface area contributed by atoms with Crippen LogP contribution in [0.1, 0.15) is 13.8 Å². The lowest BCUT2D eigenvalue weighted by Gasteiger charge is -2.28. The zero-order valence-electron chi connectivity index (χ0n) is 10.8. The molecule has 0 N–H and O–H groups in total. The predicted molar refractivity (Wildman–Crippen MR) is 61.8 cm³/mol. The van der Waals surface area contributed by atoms with Crippen molar-refractivity contribution in [2.24, 2.45) is 5.92 Å². The van der Waals surface area contributed by atoms with Gasteiger partial charge in [0.05, 0.1) is 6.04 Å². The van der Waals surface area contributed by atoms with Gasteiger partial charge in [-0.3, -0.25) is 9.69 Å². The summed E-state index contributed by atoms with van der Waals surface area (Å²) in [5, 5.41) is 0. The number of amides is 1. The van der Waals surface area contributed by atoms with Crippen LogP contribution in [0.2, 0.25) is 0 Å². The van der Waals surface area contributed by atoms with Crippen LogP contribution in [0.3, 0.4) is 0 Å². The highest BCUT2D eigenvalue weighted by Crippen LogP contribution is 2.04. The zero-order valence-corrected chi connectivity index (χ0v) is 10.8. The lowest BCUT2D eigenvalue weighted by Crippen LogP contribution is -2.44. The molecular formula is C11H24N2O2. The van der Waals surface area contributed by atoms with Crippen LogP contribution in [-0.4, -0.2) is 63.2 Å². The second kappa shape index (κ2) is 6.80. The molecule has 0 radical (unpaired) electrons. The largest absolute Gasteiger partial charge is 0.384 e. The second-order valence-electron chi connectivity index (χ2n) is 4.41. The molecule has 4 heteroatoms. The molecule has 0 aliphatic rings. The van der Waals surface area contributed by atoms with Crippen LogP contribution >= 0.6 is 0 Å². The first-order valence-corrected chi connectivity index (χ1v) is 5.30. The first-order valence-electron chi connectivity index (χ1n) is 5.30. The zero-order chi connectivity index (χ0) is 12.0. The molecule has 90 valence electrons. The molecule has 0 bridgehead atoms. The molecule has 2 atom stereocenters. The summed E-state index contributed by atoms with van der Waals surface area (Å²) >= 11 is 0. The van der Waals surface area contributed by atoms with Crippen LogP contribution < -0.4 is 0 Å². The summed E-state index contributed by atoms with van der Waals surface area (Å²) in [6, 6.07) is -0.0701. The molecule has 0 aromatic rings. The Bertz CT molecular complexity index is 195. The fraction of sp³-hybridized carbons (Fsp3) is 0.909. The molecule has 0 saturated carbocycles. The van der Waals surface area contributed by atoms with Gasteiger partial charge in [0.1, 0.15) is 0 Å². The van der Waals surface area contributed by atoms with Gasteiger partial charge in [0.15, 0.2) is 0 Å². The summed E-state index contributed by atoms with van der Waals surface area (Å²) in [7, 11) is 7.24. The van der Waals surface area contributed by atoms with Gasteiger partial charge in [0, 0.05) is 34.4 Å². The van der Waals surface area contributed by atoms with Gasteiger partial charge in [0.25, 0.3) is 0 Å². The normalized spacial score (nSPS) is 15.1. The number of hydrogen-bond donors (Lipinski definition) is 0. The Morgan fingerprint density at radius 1 is 1.27 bits per heavy atom. The van der Waals surface area contributed by atoms with E-state index in [1.54, 1.807) is 26.1 Å². The van der Waals surface area contributed by atoms with Crippen molar-refractivity contribution in [3.63, 3.8) is 0 Å². The average Bonchev–Trinajstić information content (AvgIpc) is 2.15. The van der Waals surface area contributed by atoms with E-state index in [1.807, 2.05) is 14.0 Å². The monoisotopic (exact) mass is 216 g/mol. The van der Waals surface area contributed by atoms with Gasteiger partial charge < -0.3 is 9.64 Å². The highest BCUT2D eigenvalue weighted by molar-refractivity contribution is 5.80. The molecule has 0 saturated heterocycles. The van der Waals surface area contributed by atoms with Crippen molar-refractivity contribution >= 4 is 5.91 Å². The van der Waals surface area contributed by atoms with Crippen molar-refractivity contribution in [2.75, 3.05) is 41.4 Å². The van der Waals surface area contributed by atoms with E-state index in [2.05, 4.69) is 11.8 Å². The third-order valence-corrected chi connectivity index (χ3v) is 2.51. The first-order chi connectivity index (χ1) is 6.90. The predicted octanol–water partition coefficient (Wildman–Crippen LogP) is 0.677. The number of carbonyl (C=O) groups excluding carboxylic acids is 1. The van der Waals surface area contributed by atoms with Gasteiger partial charge in [0.2, 0.25) is 5.91 Å². The van der Waals surface area contributed by atoms with Crippen LogP contribution in [0.4, 0.5) is 0 Å². The minimum absolute atomic E-state index is 0.0701. The fourth-order valence-corrected chi connectivity index (χ4v) is 1.55. The maximum atomic E-state index is 11.7. The van der Waals surface area contributed by atoms with E-state index >= 15 is 0 Å². The summed E-state index contributed by atoms with van der Waals surface area (Å²) < 4.78 is 5.07. The molecule has 0 heterocycles. The molecule has 0 rings (SSSR count). The standard InChI is InChI=1S/C11H24N2O2/c1-9(8-15-6)7-13(5)10(2)11(14)12(3)4/h9-10H,7-8H2,1-6H3. The number of carbonyl (C=O) groups is 1.